The van der Waals surface area contributed by atoms with Gasteiger partial charge in [-0.15, -0.1) is 11.3 Å². The van der Waals surface area contributed by atoms with Gasteiger partial charge < -0.3 is 10.1 Å². The Balaban J connectivity index is 1.24. The number of rotatable bonds is 8. The number of aromatic nitrogens is 4. The van der Waals surface area contributed by atoms with E-state index in [1.807, 2.05) is 71.6 Å². The fourth-order valence-corrected chi connectivity index (χ4v) is 4.44. The van der Waals surface area contributed by atoms with Crippen LogP contribution in [-0.4, -0.2) is 32.0 Å². The third kappa shape index (κ3) is 4.82. The number of hydrogen-bond donors (Lipinski definition) is 1. The van der Waals surface area contributed by atoms with Gasteiger partial charge in [0.2, 0.25) is 0 Å². The maximum Gasteiger partial charge on any atom is 0.251 e. The van der Waals surface area contributed by atoms with Gasteiger partial charge in [0.15, 0.2) is 0 Å². The summed E-state index contributed by atoms with van der Waals surface area (Å²) < 4.78 is 7.89. The molecule has 1 amide bonds. The summed E-state index contributed by atoms with van der Waals surface area (Å²) in [6, 6.07) is 17.2. The maximum absolute atomic E-state index is 12.6. The first kappa shape index (κ1) is 21.8. The van der Waals surface area contributed by atoms with E-state index in [0.717, 1.165) is 40.1 Å². The Bertz CT molecular complexity index is 1410. The van der Waals surface area contributed by atoms with Crippen LogP contribution in [-0.2, 0) is 13.0 Å². The van der Waals surface area contributed by atoms with Crippen LogP contribution in [0.15, 0.2) is 78.8 Å². The number of ether oxygens (including phenoxy) is 1. The molecule has 170 valence electrons. The monoisotopic (exact) mass is 469 g/mol. The zero-order chi connectivity index (χ0) is 23.3. The molecule has 5 aromatic rings. The van der Waals surface area contributed by atoms with Crippen molar-refractivity contribution in [2.45, 2.75) is 19.9 Å². The van der Waals surface area contributed by atoms with E-state index in [1.54, 1.807) is 30.1 Å². The summed E-state index contributed by atoms with van der Waals surface area (Å²) >= 11 is 1.66. The topological polar surface area (TPSA) is 81.9 Å². The first-order chi connectivity index (χ1) is 16.7. The second kappa shape index (κ2) is 9.84. The second-order valence-electron chi connectivity index (χ2n) is 7.82. The highest BCUT2D eigenvalue weighted by atomic mass is 32.1. The highest BCUT2D eigenvalue weighted by Crippen LogP contribution is 2.22. The van der Waals surface area contributed by atoms with Crippen molar-refractivity contribution in [2.75, 3.05) is 6.61 Å². The maximum atomic E-state index is 12.6. The Morgan fingerprint density at radius 1 is 1.12 bits per heavy atom. The van der Waals surface area contributed by atoms with E-state index in [0.29, 0.717) is 18.7 Å². The molecule has 0 aliphatic rings. The lowest BCUT2D eigenvalue weighted by Crippen LogP contribution is -2.22. The molecule has 0 atom stereocenters. The predicted octanol–water partition coefficient (Wildman–Crippen LogP) is 4.74. The molecule has 3 aromatic heterocycles. The first-order valence-corrected chi connectivity index (χ1v) is 11.8. The molecule has 0 saturated carbocycles. The molecule has 0 radical (unpaired) electrons. The molecule has 0 fully saturated rings. The van der Waals surface area contributed by atoms with E-state index in [1.165, 1.54) is 4.88 Å². The molecular weight excluding hydrogens is 446 g/mol. The van der Waals surface area contributed by atoms with Gasteiger partial charge in [0.1, 0.15) is 12.1 Å². The Hall–Kier alpha value is -4.04. The van der Waals surface area contributed by atoms with E-state index in [4.69, 9.17) is 4.74 Å². The lowest BCUT2D eigenvalue weighted by atomic mass is 10.1. The Kier molecular flexibility index (Phi) is 6.31. The summed E-state index contributed by atoms with van der Waals surface area (Å²) in [6.07, 6.45) is 6.07. The Morgan fingerprint density at radius 3 is 2.76 bits per heavy atom. The minimum absolute atomic E-state index is 0.143. The number of hydrogen-bond acceptors (Lipinski definition) is 6. The van der Waals surface area contributed by atoms with Crippen LogP contribution >= 0.6 is 11.3 Å². The minimum atomic E-state index is -0.143. The third-order valence-electron chi connectivity index (χ3n) is 5.54. The summed E-state index contributed by atoms with van der Waals surface area (Å²) in [5, 5.41) is 2.92. The van der Waals surface area contributed by atoms with Crippen LogP contribution in [0.2, 0.25) is 0 Å². The van der Waals surface area contributed by atoms with Crippen LogP contribution in [0.4, 0.5) is 0 Å². The number of benzene rings is 2. The third-order valence-corrected chi connectivity index (χ3v) is 6.54. The largest absolute Gasteiger partial charge is 0.493 e. The van der Waals surface area contributed by atoms with Crippen molar-refractivity contribution in [1.29, 1.82) is 0 Å². The number of aryl methyl sites for hydroxylation is 1. The highest BCUT2D eigenvalue weighted by Gasteiger charge is 2.11. The first-order valence-electron chi connectivity index (χ1n) is 10.9. The zero-order valence-corrected chi connectivity index (χ0v) is 19.5. The second-order valence-corrected chi connectivity index (χ2v) is 8.75. The number of nitrogens with one attached hydrogen (secondary N) is 1. The van der Waals surface area contributed by atoms with Gasteiger partial charge in [0.05, 0.1) is 28.8 Å². The summed E-state index contributed by atoms with van der Waals surface area (Å²) in [5.74, 6) is 0.679. The fourth-order valence-electron chi connectivity index (χ4n) is 3.68. The molecule has 3 heterocycles. The highest BCUT2D eigenvalue weighted by molar-refractivity contribution is 7.09. The molecule has 5 rings (SSSR count). The van der Waals surface area contributed by atoms with Crippen LogP contribution in [0.3, 0.4) is 0 Å². The lowest BCUT2D eigenvalue weighted by molar-refractivity contribution is 0.0951. The van der Waals surface area contributed by atoms with Gasteiger partial charge in [-0.2, -0.15) is 0 Å². The number of amides is 1. The summed E-state index contributed by atoms with van der Waals surface area (Å²) in [7, 11) is 0. The van der Waals surface area contributed by atoms with Gasteiger partial charge in [-0.1, -0.05) is 6.07 Å². The molecular formula is C26H23N5O2S. The Labute approximate surface area is 201 Å². The van der Waals surface area contributed by atoms with Crippen LogP contribution in [0.1, 0.15) is 26.5 Å². The quantitative estimate of drug-likeness (QED) is 0.355. The number of pyridine rings is 1. The van der Waals surface area contributed by atoms with E-state index < -0.39 is 0 Å². The molecule has 0 aliphatic heterocycles. The van der Waals surface area contributed by atoms with Gasteiger partial charge in [-0.3, -0.25) is 14.3 Å². The smallest absolute Gasteiger partial charge is 0.251 e. The molecule has 34 heavy (non-hydrogen) atoms. The molecule has 1 N–H and O–H groups in total. The van der Waals surface area contributed by atoms with Crippen molar-refractivity contribution < 1.29 is 9.53 Å². The summed E-state index contributed by atoms with van der Waals surface area (Å²) in [4.78, 5) is 26.7. The standard InChI is InChI=1S/C26H23N5O2S/c1-18-25(34-17-30-18)10-12-33-22-7-5-21(6-8-22)31-16-29-23-13-20(4-9-24(23)31)26(32)28-15-19-3-2-11-27-14-19/h2-9,11,13-14,16-17H,10,12,15H2,1H3,(H,28,32). The minimum Gasteiger partial charge on any atom is -0.493 e. The molecule has 0 saturated heterocycles. The van der Waals surface area contributed by atoms with Crippen molar-refractivity contribution in [2.24, 2.45) is 0 Å². The van der Waals surface area contributed by atoms with Crippen LogP contribution < -0.4 is 10.1 Å². The number of nitrogens with zero attached hydrogens (tertiary/aromatic N) is 4. The molecule has 2 aromatic carbocycles. The van der Waals surface area contributed by atoms with Crippen LogP contribution in [0.25, 0.3) is 16.7 Å². The summed E-state index contributed by atoms with van der Waals surface area (Å²) in [6.45, 7) is 3.06. The van der Waals surface area contributed by atoms with Crippen LogP contribution in [0.5, 0.6) is 5.75 Å². The fraction of sp³-hybridized carbons (Fsp3) is 0.154. The van der Waals surface area contributed by atoms with Gasteiger partial charge in [-0.25, -0.2) is 9.97 Å². The normalized spacial score (nSPS) is 11.0. The van der Waals surface area contributed by atoms with Gasteiger partial charge in [-0.05, 0) is 61.0 Å². The molecule has 0 unspecified atom stereocenters. The van der Waals surface area contributed by atoms with Crippen molar-refractivity contribution in [3.63, 3.8) is 0 Å². The number of carbonyl (C=O) groups excluding carboxylic acids is 1. The van der Waals surface area contributed by atoms with Gasteiger partial charge in [0.25, 0.3) is 5.91 Å². The van der Waals surface area contributed by atoms with E-state index >= 15 is 0 Å². The van der Waals surface area contributed by atoms with E-state index in [9.17, 15) is 4.79 Å². The number of thiazole rings is 1. The average Bonchev–Trinajstić information content (AvgIpc) is 3.49. The Morgan fingerprint density at radius 2 is 2.00 bits per heavy atom. The van der Waals surface area contributed by atoms with Crippen molar-refractivity contribution in [3.8, 4) is 11.4 Å². The van der Waals surface area contributed by atoms with Crippen molar-refractivity contribution >= 4 is 28.3 Å². The number of fused-ring (bicyclic) bond motifs is 1. The van der Waals surface area contributed by atoms with E-state index in [-0.39, 0.29) is 5.91 Å². The average molecular weight is 470 g/mol. The van der Waals surface area contributed by atoms with Crippen molar-refractivity contribution in [1.82, 2.24) is 24.8 Å². The van der Waals surface area contributed by atoms with E-state index in [2.05, 4.69) is 20.3 Å². The zero-order valence-electron chi connectivity index (χ0n) is 18.6. The SMILES string of the molecule is Cc1ncsc1CCOc1ccc(-n2cnc3cc(C(=O)NCc4cccnc4)ccc32)cc1. The molecule has 8 heteroatoms. The summed E-state index contributed by atoms with van der Waals surface area (Å²) in [5.41, 5.74) is 7.13. The van der Waals surface area contributed by atoms with Crippen molar-refractivity contribution in [3.05, 3.63) is 101 Å². The number of carbonyl (C=O) groups is 1. The lowest BCUT2D eigenvalue weighted by Gasteiger charge is -2.09. The van der Waals surface area contributed by atoms with Crippen LogP contribution in [0, 0.1) is 6.92 Å². The van der Waals surface area contributed by atoms with Gasteiger partial charge in [0, 0.05) is 41.5 Å². The molecule has 0 aliphatic carbocycles. The predicted molar refractivity (Wildman–Crippen MR) is 133 cm³/mol. The molecule has 0 spiro atoms. The molecule has 0 bridgehead atoms. The van der Waals surface area contributed by atoms with Gasteiger partial charge >= 0.3 is 0 Å². The molecule has 7 nitrogen and oxygen atoms in total. The number of imidazole rings is 1.